The smallest absolute Gasteiger partial charge is 0.285 e. The Morgan fingerprint density at radius 2 is 1.83 bits per heavy atom. The van der Waals surface area contributed by atoms with Gasteiger partial charge in [-0.05, 0) is 54.5 Å². The van der Waals surface area contributed by atoms with Gasteiger partial charge < -0.3 is 4.74 Å². The maximum atomic E-state index is 12.7. The van der Waals surface area contributed by atoms with E-state index in [1.54, 1.807) is 30.3 Å². The highest BCUT2D eigenvalue weighted by molar-refractivity contribution is 8.26. The number of nitrogens with zero attached hydrogens (tertiary/aromatic N) is 1. The van der Waals surface area contributed by atoms with E-state index in [0.29, 0.717) is 21.4 Å². The molecule has 1 aliphatic rings. The van der Waals surface area contributed by atoms with Crippen molar-refractivity contribution in [2.45, 2.75) is 32.6 Å². The summed E-state index contributed by atoms with van der Waals surface area (Å²) in [5.41, 5.74) is 3.90. The molecule has 2 amide bonds. The minimum absolute atomic E-state index is 0.294. The minimum Gasteiger partial charge on any atom is -0.494 e. The Hall–Kier alpha value is -2.64. The molecule has 0 bridgehead atoms. The second-order valence-electron chi connectivity index (χ2n) is 6.80. The van der Waals surface area contributed by atoms with Gasteiger partial charge in [-0.1, -0.05) is 68.3 Å². The van der Waals surface area contributed by atoms with Crippen molar-refractivity contribution in [3.05, 3.63) is 70.6 Å². The van der Waals surface area contributed by atoms with Crippen LogP contribution in [-0.4, -0.2) is 27.8 Å². The molecular formula is C23H24N2O3S2. The Morgan fingerprint density at radius 1 is 1.10 bits per heavy atom. The summed E-state index contributed by atoms with van der Waals surface area (Å²) in [5, 5.41) is 1.12. The zero-order valence-corrected chi connectivity index (χ0v) is 18.4. The number of ether oxygens (including phenoxy) is 1. The monoisotopic (exact) mass is 440 g/mol. The van der Waals surface area contributed by atoms with Crippen LogP contribution in [0.25, 0.3) is 6.08 Å². The third-order valence-electron chi connectivity index (χ3n) is 4.49. The molecule has 0 atom stereocenters. The first-order chi connectivity index (χ1) is 14.6. The summed E-state index contributed by atoms with van der Waals surface area (Å²) in [6, 6.07) is 16.3. The van der Waals surface area contributed by atoms with Gasteiger partial charge in [0.15, 0.2) is 4.32 Å². The molecule has 30 heavy (non-hydrogen) atoms. The number of unbranched alkanes of at least 4 members (excludes halogenated alkanes) is 3. The van der Waals surface area contributed by atoms with Crippen molar-refractivity contribution in [1.82, 2.24) is 10.4 Å². The normalized spacial score (nSPS) is 15.0. The molecule has 5 nitrogen and oxygen atoms in total. The fourth-order valence-electron chi connectivity index (χ4n) is 2.85. The van der Waals surface area contributed by atoms with E-state index in [4.69, 9.17) is 17.0 Å². The second kappa shape index (κ2) is 10.9. The maximum Gasteiger partial charge on any atom is 0.285 e. The fraction of sp³-hybridized carbons (Fsp3) is 0.261. The van der Waals surface area contributed by atoms with Gasteiger partial charge in [0.25, 0.3) is 11.8 Å². The summed E-state index contributed by atoms with van der Waals surface area (Å²) in [4.78, 5) is 25.5. The molecule has 0 aromatic heterocycles. The molecule has 2 aromatic rings. The summed E-state index contributed by atoms with van der Waals surface area (Å²) < 4.78 is 6.04. The summed E-state index contributed by atoms with van der Waals surface area (Å²) in [7, 11) is 0. The Labute approximate surface area is 186 Å². The zero-order valence-electron chi connectivity index (χ0n) is 16.8. The fourth-order valence-corrected chi connectivity index (χ4v) is 4.03. The van der Waals surface area contributed by atoms with E-state index in [0.717, 1.165) is 34.5 Å². The molecule has 1 aliphatic heterocycles. The second-order valence-corrected chi connectivity index (χ2v) is 8.48. The topological polar surface area (TPSA) is 58.6 Å². The zero-order chi connectivity index (χ0) is 21.3. The highest BCUT2D eigenvalue weighted by atomic mass is 32.2. The van der Waals surface area contributed by atoms with Crippen LogP contribution in [0.4, 0.5) is 0 Å². The molecule has 0 radical (unpaired) electrons. The van der Waals surface area contributed by atoms with Crippen LogP contribution >= 0.6 is 24.0 Å². The molecule has 1 fully saturated rings. The van der Waals surface area contributed by atoms with E-state index in [1.807, 2.05) is 30.3 Å². The molecule has 156 valence electrons. The predicted molar refractivity (Wildman–Crippen MR) is 125 cm³/mol. The summed E-state index contributed by atoms with van der Waals surface area (Å²) >= 11 is 6.43. The van der Waals surface area contributed by atoms with Gasteiger partial charge in [-0.2, -0.15) is 5.01 Å². The van der Waals surface area contributed by atoms with Gasteiger partial charge in [0.2, 0.25) is 0 Å². The lowest BCUT2D eigenvalue weighted by Gasteiger charge is -2.15. The van der Waals surface area contributed by atoms with E-state index < -0.39 is 0 Å². The van der Waals surface area contributed by atoms with Crippen LogP contribution in [0.1, 0.15) is 48.5 Å². The Bertz CT molecular complexity index is 927. The first-order valence-electron chi connectivity index (χ1n) is 9.95. The van der Waals surface area contributed by atoms with Crippen molar-refractivity contribution in [3.8, 4) is 5.75 Å². The third kappa shape index (κ3) is 5.93. The summed E-state index contributed by atoms with van der Waals surface area (Å²) in [6.45, 7) is 2.89. The number of rotatable bonds is 9. The first kappa shape index (κ1) is 22.1. The van der Waals surface area contributed by atoms with E-state index >= 15 is 0 Å². The number of hydrogen-bond acceptors (Lipinski definition) is 5. The van der Waals surface area contributed by atoms with Crippen LogP contribution in [0.3, 0.4) is 0 Å². The number of benzene rings is 2. The van der Waals surface area contributed by atoms with Gasteiger partial charge in [0.1, 0.15) is 5.75 Å². The minimum atomic E-state index is -0.381. The molecular weight excluding hydrogens is 416 g/mol. The lowest BCUT2D eigenvalue weighted by molar-refractivity contribution is -0.123. The van der Waals surface area contributed by atoms with Crippen molar-refractivity contribution in [2.75, 3.05) is 6.61 Å². The van der Waals surface area contributed by atoms with Gasteiger partial charge >= 0.3 is 0 Å². The average molecular weight is 441 g/mol. The lowest BCUT2D eigenvalue weighted by atomic mass is 10.2. The van der Waals surface area contributed by atoms with Gasteiger partial charge in [-0.25, -0.2) is 0 Å². The Balaban J connectivity index is 1.59. The molecule has 0 saturated carbocycles. The molecule has 1 heterocycles. The Kier molecular flexibility index (Phi) is 8.04. The number of thioether (sulfide) groups is 1. The van der Waals surface area contributed by atoms with Gasteiger partial charge in [-0.3, -0.25) is 15.0 Å². The van der Waals surface area contributed by atoms with Crippen LogP contribution in [-0.2, 0) is 4.79 Å². The van der Waals surface area contributed by atoms with Gasteiger partial charge in [0, 0.05) is 5.56 Å². The van der Waals surface area contributed by atoms with Crippen molar-refractivity contribution >= 4 is 46.2 Å². The number of hydrogen-bond donors (Lipinski definition) is 1. The van der Waals surface area contributed by atoms with Crippen LogP contribution in [0, 0.1) is 0 Å². The van der Waals surface area contributed by atoms with E-state index in [2.05, 4.69) is 12.3 Å². The standard InChI is InChI=1S/C23H24N2O3S2/c1-2-3-4-8-15-28-19-13-11-17(12-14-19)16-20-22(27)25(23(29)30-20)24-21(26)18-9-6-5-7-10-18/h5-7,9-14,16H,2-4,8,15H2,1H3,(H,24,26)/b20-16-. The number of carbonyl (C=O) groups excluding carboxylic acids is 2. The van der Waals surface area contributed by atoms with E-state index in [-0.39, 0.29) is 11.8 Å². The molecule has 1 saturated heterocycles. The number of carbonyl (C=O) groups is 2. The molecule has 3 rings (SSSR count). The number of amides is 2. The van der Waals surface area contributed by atoms with Crippen molar-refractivity contribution in [1.29, 1.82) is 0 Å². The number of hydrazine groups is 1. The van der Waals surface area contributed by atoms with Gasteiger partial charge in [0.05, 0.1) is 11.5 Å². The molecule has 1 N–H and O–H groups in total. The van der Waals surface area contributed by atoms with Crippen LogP contribution < -0.4 is 10.2 Å². The molecule has 0 spiro atoms. The third-order valence-corrected chi connectivity index (χ3v) is 5.79. The summed E-state index contributed by atoms with van der Waals surface area (Å²) in [5.74, 6) is 0.0884. The SMILES string of the molecule is CCCCCCOc1ccc(/C=C2\SC(=S)N(NC(=O)c3ccccc3)C2=O)cc1. The molecule has 7 heteroatoms. The quantitative estimate of drug-likeness (QED) is 0.330. The van der Waals surface area contributed by atoms with Crippen molar-refractivity contribution in [3.63, 3.8) is 0 Å². The van der Waals surface area contributed by atoms with Crippen LogP contribution in [0.5, 0.6) is 5.75 Å². The largest absolute Gasteiger partial charge is 0.494 e. The highest BCUT2D eigenvalue weighted by Crippen LogP contribution is 2.31. The van der Waals surface area contributed by atoms with Crippen molar-refractivity contribution < 1.29 is 14.3 Å². The number of nitrogens with one attached hydrogen (secondary N) is 1. The van der Waals surface area contributed by atoms with E-state index in [9.17, 15) is 9.59 Å². The molecule has 0 aliphatic carbocycles. The summed E-state index contributed by atoms with van der Waals surface area (Å²) in [6.07, 6.45) is 6.42. The van der Waals surface area contributed by atoms with Crippen LogP contribution in [0.15, 0.2) is 59.5 Å². The average Bonchev–Trinajstić information content (AvgIpc) is 3.02. The van der Waals surface area contributed by atoms with Gasteiger partial charge in [-0.15, -0.1) is 0 Å². The maximum absolute atomic E-state index is 12.7. The van der Waals surface area contributed by atoms with Crippen molar-refractivity contribution in [2.24, 2.45) is 0 Å². The lowest BCUT2D eigenvalue weighted by Crippen LogP contribution is -2.44. The first-order valence-corrected chi connectivity index (χ1v) is 11.2. The van der Waals surface area contributed by atoms with Crippen LogP contribution in [0.2, 0.25) is 0 Å². The Morgan fingerprint density at radius 3 is 2.53 bits per heavy atom. The molecule has 0 unspecified atom stereocenters. The number of thiocarbonyl (C=S) groups is 1. The molecule has 2 aromatic carbocycles. The predicted octanol–water partition coefficient (Wildman–Crippen LogP) is 5.19. The van der Waals surface area contributed by atoms with E-state index in [1.165, 1.54) is 19.3 Å². The highest BCUT2D eigenvalue weighted by Gasteiger charge is 2.33.